The molecule has 6 heteroatoms. The number of hydrogen-bond donors (Lipinski definition) is 1. The van der Waals surface area contributed by atoms with Crippen molar-refractivity contribution in [2.45, 2.75) is 0 Å². The lowest BCUT2D eigenvalue weighted by Gasteiger charge is -2.05. The average Bonchev–Trinajstić information content (AvgIpc) is 2.88. The van der Waals surface area contributed by atoms with Gasteiger partial charge in [0.1, 0.15) is 11.4 Å². The quantitative estimate of drug-likeness (QED) is 0.847. The van der Waals surface area contributed by atoms with Crippen LogP contribution in [0.15, 0.2) is 58.4 Å². The smallest absolute Gasteiger partial charge is 0.264 e. The van der Waals surface area contributed by atoms with Crippen LogP contribution >= 0.6 is 23.4 Å². The Hall–Kier alpha value is -2.24. The molecule has 23 heavy (non-hydrogen) atoms. The number of carbonyl (C=O) groups excluding carboxylic acids is 1. The zero-order valence-corrected chi connectivity index (χ0v) is 13.8. The maximum atomic E-state index is 12.1. The monoisotopic (exact) mass is 344 g/mol. The van der Waals surface area contributed by atoms with Crippen molar-refractivity contribution >= 4 is 46.2 Å². The van der Waals surface area contributed by atoms with E-state index in [0.29, 0.717) is 26.5 Å². The Morgan fingerprint density at radius 3 is 2.74 bits per heavy atom. The second-order valence-electron chi connectivity index (χ2n) is 4.71. The van der Waals surface area contributed by atoms with Gasteiger partial charge in [-0.25, -0.2) is 4.99 Å². The number of amidine groups is 1. The Morgan fingerprint density at radius 2 is 2.00 bits per heavy atom. The molecule has 0 spiro atoms. The number of thioether (sulfide) groups is 1. The van der Waals surface area contributed by atoms with Crippen LogP contribution in [0.2, 0.25) is 5.02 Å². The van der Waals surface area contributed by atoms with E-state index in [1.165, 1.54) is 11.8 Å². The van der Waals surface area contributed by atoms with Crippen LogP contribution in [0, 0.1) is 0 Å². The van der Waals surface area contributed by atoms with Crippen molar-refractivity contribution in [2.24, 2.45) is 4.99 Å². The molecule has 0 radical (unpaired) electrons. The molecule has 1 aliphatic heterocycles. The van der Waals surface area contributed by atoms with E-state index in [4.69, 9.17) is 16.3 Å². The number of ether oxygens (including phenoxy) is 1. The normalized spacial score (nSPS) is 17.6. The van der Waals surface area contributed by atoms with E-state index in [-0.39, 0.29) is 5.91 Å². The minimum absolute atomic E-state index is 0.168. The molecule has 0 aliphatic carbocycles. The summed E-state index contributed by atoms with van der Waals surface area (Å²) in [6, 6.07) is 14.8. The number of carbonyl (C=O) groups is 1. The zero-order chi connectivity index (χ0) is 16.2. The van der Waals surface area contributed by atoms with E-state index in [0.717, 1.165) is 5.56 Å². The molecule has 0 saturated carbocycles. The van der Waals surface area contributed by atoms with Crippen LogP contribution in [0.4, 0.5) is 5.69 Å². The third-order valence-corrected chi connectivity index (χ3v) is 4.26. The Bertz CT molecular complexity index is 803. The number of amides is 1. The molecule has 1 aliphatic rings. The van der Waals surface area contributed by atoms with Crippen molar-refractivity contribution in [3.05, 3.63) is 64.0 Å². The molecule has 4 nitrogen and oxygen atoms in total. The zero-order valence-electron chi connectivity index (χ0n) is 12.2. The Labute approximate surface area is 143 Å². The lowest BCUT2D eigenvalue weighted by Crippen LogP contribution is -2.19. The molecule has 0 atom stereocenters. The average molecular weight is 345 g/mol. The summed E-state index contributed by atoms with van der Waals surface area (Å²) in [6.45, 7) is 0. The number of aliphatic imine (C=N–C) groups is 1. The van der Waals surface area contributed by atoms with Crippen molar-refractivity contribution in [1.82, 2.24) is 5.32 Å². The number of hydrogen-bond acceptors (Lipinski definition) is 4. The topological polar surface area (TPSA) is 50.7 Å². The predicted octanol–water partition coefficient (Wildman–Crippen LogP) is 4.24. The van der Waals surface area contributed by atoms with Gasteiger partial charge in [-0.15, -0.1) is 0 Å². The van der Waals surface area contributed by atoms with Crippen molar-refractivity contribution in [3.8, 4) is 5.75 Å². The minimum atomic E-state index is -0.168. The lowest BCUT2D eigenvalue weighted by atomic mass is 10.2. The maximum absolute atomic E-state index is 12.1. The number of nitrogens with one attached hydrogen (secondary N) is 1. The van der Waals surface area contributed by atoms with E-state index in [9.17, 15) is 4.79 Å². The Balaban J connectivity index is 1.88. The minimum Gasteiger partial charge on any atom is -0.494 e. The van der Waals surface area contributed by atoms with E-state index in [1.54, 1.807) is 25.3 Å². The molecule has 1 amide bonds. The van der Waals surface area contributed by atoms with Crippen LogP contribution in [0.3, 0.4) is 0 Å². The molecular weight excluding hydrogens is 332 g/mol. The molecule has 1 fully saturated rings. The van der Waals surface area contributed by atoms with E-state index in [2.05, 4.69) is 10.3 Å². The highest BCUT2D eigenvalue weighted by Gasteiger charge is 2.24. The molecule has 2 aromatic carbocycles. The molecular formula is C17H13ClN2O2S. The molecule has 1 heterocycles. The molecule has 116 valence electrons. The summed E-state index contributed by atoms with van der Waals surface area (Å²) in [5.41, 5.74) is 1.54. The molecule has 0 bridgehead atoms. The highest BCUT2D eigenvalue weighted by Crippen LogP contribution is 2.33. The van der Waals surface area contributed by atoms with Crippen LogP contribution in [0.25, 0.3) is 6.08 Å². The van der Waals surface area contributed by atoms with E-state index < -0.39 is 0 Å². The molecule has 1 N–H and O–H groups in total. The molecule has 2 aromatic rings. The predicted molar refractivity (Wildman–Crippen MR) is 95.3 cm³/mol. The maximum Gasteiger partial charge on any atom is 0.264 e. The van der Waals surface area contributed by atoms with Gasteiger partial charge in [0.25, 0.3) is 5.91 Å². The van der Waals surface area contributed by atoms with Gasteiger partial charge >= 0.3 is 0 Å². The fourth-order valence-electron chi connectivity index (χ4n) is 2.04. The Kier molecular flexibility index (Phi) is 4.69. The fraction of sp³-hybridized carbons (Fsp3) is 0.0588. The van der Waals surface area contributed by atoms with Crippen LogP contribution in [0.5, 0.6) is 5.75 Å². The van der Waals surface area contributed by atoms with Gasteiger partial charge in [0, 0.05) is 5.02 Å². The van der Waals surface area contributed by atoms with Crippen LogP contribution < -0.4 is 10.1 Å². The summed E-state index contributed by atoms with van der Waals surface area (Å²) in [7, 11) is 1.56. The second-order valence-corrected chi connectivity index (χ2v) is 6.18. The standard InChI is InChI=1S/C17H13ClN2O2S/c1-22-14-8-7-12(18)10-13(14)19-17-20-16(21)15(23-17)9-11-5-3-2-4-6-11/h2-10H,1H3,(H,19,20,21)/b15-9-. The van der Waals surface area contributed by atoms with Crippen molar-refractivity contribution < 1.29 is 9.53 Å². The van der Waals surface area contributed by atoms with Crippen molar-refractivity contribution in [2.75, 3.05) is 7.11 Å². The SMILES string of the molecule is COc1ccc(Cl)cc1N=C1NC(=O)/C(=C/c2ccccc2)S1. The van der Waals surface area contributed by atoms with E-state index >= 15 is 0 Å². The summed E-state index contributed by atoms with van der Waals surface area (Å²) in [4.78, 5) is 17.1. The highest BCUT2D eigenvalue weighted by molar-refractivity contribution is 8.18. The molecule has 0 aromatic heterocycles. The largest absolute Gasteiger partial charge is 0.494 e. The molecule has 1 saturated heterocycles. The lowest BCUT2D eigenvalue weighted by molar-refractivity contribution is -0.115. The first-order chi connectivity index (χ1) is 11.2. The summed E-state index contributed by atoms with van der Waals surface area (Å²) < 4.78 is 5.26. The molecule has 3 rings (SSSR count). The first-order valence-electron chi connectivity index (χ1n) is 6.84. The van der Waals surface area contributed by atoms with Gasteiger partial charge in [0.2, 0.25) is 0 Å². The third-order valence-electron chi connectivity index (χ3n) is 3.11. The summed E-state index contributed by atoms with van der Waals surface area (Å²) >= 11 is 7.28. The number of nitrogens with zero attached hydrogens (tertiary/aromatic N) is 1. The summed E-state index contributed by atoms with van der Waals surface area (Å²) in [5.74, 6) is 0.427. The second kappa shape index (κ2) is 6.89. The summed E-state index contributed by atoms with van der Waals surface area (Å²) in [6.07, 6.45) is 1.83. The van der Waals surface area contributed by atoms with E-state index in [1.807, 2.05) is 36.4 Å². The van der Waals surface area contributed by atoms with Crippen LogP contribution in [0.1, 0.15) is 5.56 Å². The number of methoxy groups -OCH3 is 1. The number of rotatable bonds is 3. The third kappa shape index (κ3) is 3.75. The first-order valence-corrected chi connectivity index (χ1v) is 8.03. The van der Waals surface area contributed by atoms with Crippen molar-refractivity contribution in [3.63, 3.8) is 0 Å². The van der Waals surface area contributed by atoms with Crippen LogP contribution in [-0.4, -0.2) is 18.2 Å². The number of halogens is 1. The fourth-order valence-corrected chi connectivity index (χ4v) is 3.04. The Morgan fingerprint density at radius 1 is 1.22 bits per heavy atom. The molecule has 0 unspecified atom stereocenters. The van der Waals surface area contributed by atoms with Gasteiger partial charge < -0.3 is 10.1 Å². The van der Waals surface area contributed by atoms with Gasteiger partial charge in [-0.05, 0) is 41.6 Å². The summed E-state index contributed by atoms with van der Waals surface area (Å²) in [5, 5.41) is 3.80. The highest BCUT2D eigenvalue weighted by atomic mass is 35.5. The number of benzene rings is 2. The first kappa shape index (κ1) is 15.6. The van der Waals surface area contributed by atoms with Gasteiger partial charge in [0.15, 0.2) is 5.17 Å². The van der Waals surface area contributed by atoms with Gasteiger partial charge in [-0.1, -0.05) is 41.9 Å². The van der Waals surface area contributed by atoms with Gasteiger partial charge in [0.05, 0.1) is 12.0 Å². The van der Waals surface area contributed by atoms with Crippen molar-refractivity contribution in [1.29, 1.82) is 0 Å². The van der Waals surface area contributed by atoms with Gasteiger partial charge in [-0.3, -0.25) is 4.79 Å². The van der Waals surface area contributed by atoms with Gasteiger partial charge in [-0.2, -0.15) is 0 Å². The van der Waals surface area contributed by atoms with Crippen LogP contribution in [-0.2, 0) is 4.79 Å².